The number of ether oxygens (including phenoxy) is 2. The van der Waals surface area contributed by atoms with Crippen LogP contribution in [0.3, 0.4) is 0 Å². The van der Waals surface area contributed by atoms with Crippen LogP contribution in [0, 0.1) is 5.82 Å². The van der Waals surface area contributed by atoms with Crippen LogP contribution in [0.15, 0.2) is 48.5 Å². The van der Waals surface area contributed by atoms with Crippen molar-refractivity contribution in [2.45, 2.75) is 6.54 Å². The van der Waals surface area contributed by atoms with Crippen molar-refractivity contribution < 1.29 is 18.7 Å². The molecule has 0 radical (unpaired) electrons. The monoisotopic (exact) mass is 349 g/mol. The molecule has 4 nitrogen and oxygen atoms in total. The van der Waals surface area contributed by atoms with Crippen molar-refractivity contribution in [3.8, 4) is 11.5 Å². The van der Waals surface area contributed by atoms with Gasteiger partial charge in [0.25, 0.3) is 0 Å². The summed E-state index contributed by atoms with van der Waals surface area (Å²) in [6.45, 7) is 0.935. The largest absolute Gasteiger partial charge is 0.497 e. The zero-order valence-electron chi connectivity index (χ0n) is 13.5. The van der Waals surface area contributed by atoms with Gasteiger partial charge in [0.15, 0.2) is 0 Å². The lowest BCUT2D eigenvalue weighted by atomic mass is 10.2. The van der Waals surface area contributed by atoms with Gasteiger partial charge in [0.2, 0.25) is 5.91 Å². The second-order valence-corrected chi connectivity index (χ2v) is 6.08. The second-order valence-electron chi connectivity index (χ2n) is 4.98. The molecule has 128 valence electrons. The number of rotatable bonds is 9. The SMILES string of the molecule is COc1ccc(OCCSCC(=O)NCc2ccc(F)cc2)cc1. The average Bonchev–Trinajstić information content (AvgIpc) is 2.61. The van der Waals surface area contributed by atoms with Crippen molar-refractivity contribution in [2.75, 3.05) is 25.2 Å². The van der Waals surface area contributed by atoms with Gasteiger partial charge in [-0.15, -0.1) is 11.8 Å². The lowest BCUT2D eigenvalue weighted by Gasteiger charge is -2.07. The number of nitrogens with one attached hydrogen (secondary N) is 1. The standard InChI is InChI=1S/C18H20FNO3S/c1-22-16-6-8-17(9-7-16)23-10-11-24-13-18(21)20-12-14-2-4-15(19)5-3-14/h2-9H,10-13H2,1H3,(H,20,21). The van der Waals surface area contributed by atoms with E-state index in [4.69, 9.17) is 9.47 Å². The Labute approximate surface area is 145 Å². The maximum atomic E-state index is 12.8. The molecule has 0 unspecified atom stereocenters. The fourth-order valence-electron chi connectivity index (χ4n) is 1.91. The minimum absolute atomic E-state index is 0.0474. The van der Waals surface area contributed by atoms with E-state index in [1.165, 1.54) is 23.9 Å². The first-order valence-corrected chi connectivity index (χ1v) is 8.68. The molecule has 0 aliphatic carbocycles. The Hall–Kier alpha value is -2.21. The molecule has 0 aromatic heterocycles. The Bertz CT molecular complexity index is 632. The van der Waals surface area contributed by atoms with Crippen LogP contribution in [0.2, 0.25) is 0 Å². The lowest BCUT2D eigenvalue weighted by molar-refractivity contribution is -0.118. The van der Waals surface area contributed by atoms with Gasteiger partial charge in [-0.3, -0.25) is 4.79 Å². The highest BCUT2D eigenvalue weighted by molar-refractivity contribution is 7.99. The summed E-state index contributed by atoms with van der Waals surface area (Å²) >= 11 is 1.50. The number of methoxy groups -OCH3 is 1. The molecule has 24 heavy (non-hydrogen) atoms. The molecule has 1 N–H and O–H groups in total. The Kier molecular flexibility index (Phi) is 7.42. The van der Waals surface area contributed by atoms with Crippen LogP contribution in [0.5, 0.6) is 11.5 Å². The van der Waals surface area contributed by atoms with E-state index in [1.807, 2.05) is 24.3 Å². The van der Waals surface area contributed by atoms with Crippen molar-refractivity contribution in [3.63, 3.8) is 0 Å². The summed E-state index contributed by atoms with van der Waals surface area (Å²) in [5.41, 5.74) is 0.873. The first-order valence-electron chi connectivity index (χ1n) is 7.53. The Balaban J connectivity index is 1.56. The molecule has 2 aromatic carbocycles. The summed E-state index contributed by atoms with van der Waals surface area (Å²) < 4.78 is 23.4. The van der Waals surface area contributed by atoms with Crippen LogP contribution in [-0.2, 0) is 11.3 Å². The van der Waals surface area contributed by atoms with Gasteiger partial charge >= 0.3 is 0 Å². The van der Waals surface area contributed by atoms with E-state index in [1.54, 1.807) is 19.2 Å². The van der Waals surface area contributed by atoms with Gasteiger partial charge in [-0.1, -0.05) is 12.1 Å². The minimum Gasteiger partial charge on any atom is -0.497 e. The number of benzene rings is 2. The lowest BCUT2D eigenvalue weighted by Crippen LogP contribution is -2.24. The summed E-state index contributed by atoms with van der Waals surface area (Å²) in [5.74, 6) is 2.32. The van der Waals surface area contributed by atoms with E-state index in [-0.39, 0.29) is 11.7 Å². The van der Waals surface area contributed by atoms with E-state index in [9.17, 15) is 9.18 Å². The van der Waals surface area contributed by atoms with Crippen molar-refractivity contribution in [3.05, 3.63) is 59.9 Å². The van der Waals surface area contributed by atoms with Crippen LogP contribution in [0.25, 0.3) is 0 Å². The highest BCUT2D eigenvalue weighted by Gasteiger charge is 2.02. The maximum absolute atomic E-state index is 12.8. The third-order valence-corrected chi connectivity index (χ3v) is 4.11. The number of hydrogen-bond donors (Lipinski definition) is 1. The summed E-state index contributed by atoms with van der Waals surface area (Å²) in [4.78, 5) is 11.7. The molecule has 0 bridgehead atoms. The van der Waals surface area contributed by atoms with Gasteiger partial charge in [0.1, 0.15) is 17.3 Å². The van der Waals surface area contributed by atoms with Gasteiger partial charge in [0, 0.05) is 12.3 Å². The number of halogens is 1. The first kappa shape index (κ1) is 18.1. The predicted octanol–water partition coefficient (Wildman–Crippen LogP) is 3.26. The fraction of sp³-hybridized carbons (Fsp3) is 0.278. The highest BCUT2D eigenvalue weighted by Crippen LogP contribution is 2.17. The van der Waals surface area contributed by atoms with E-state index < -0.39 is 0 Å². The van der Waals surface area contributed by atoms with Crippen LogP contribution in [0.4, 0.5) is 4.39 Å². The van der Waals surface area contributed by atoms with Crippen molar-refractivity contribution in [1.82, 2.24) is 5.32 Å². The molecule has 2 rings (SSSR count). The second kappa shape index (κ2) is 9.82. The van der Waals surface area contributed by atoms with Crippen molar-refractivity contribution >= 4 is 17.7 Å². The number of carbonyl (C=O) groups excluding carboxylic acids is 1. The zero-order chi connectivity index (χ0) is 17.2. The number of thioether (sulfide) groups is 1. The van der Waals surface area contributed by atoms with Crippen molar-refractivity contribution in [1.29, 1.82) is 0 Å². The number of amides is 1. The van der Waals surface area contributed by atoms with Crippen LogP contribution < -0.4 is 14.8 Å². The Morgan fingerprint density at radius 3 is 2.42 bits per heavy atom. The Morgan fingerprint density at radius 1 is 1.08 bits per heavy atom. The summed E-state index contributed by atoms with van der Waals surface area (Å²) in [6, 6.07) is 13.4. The van der Waals surface area contributed by atoms with Gasteiger partial charge in [0.05, 0.1) is 19.5 Å². The quantitative estimate of drug-likeness (QED) is 0.706. The van der Waals surface area contributed by atoms with E-state index in [2.05, 4.69) is 5.32 Å². The summed E-state index contributed by atoms with van der Waals surface area (Å²) in [5, 5.41) is 2.80. The van der Waals surface area contributed by atoms with Gasteiger partial charge in [-0.2, -0.15) is 0 Å². The molecular formula is C18H20FNO3S. The molecule has 0 saturated heterocycles. The smallest absolute Gasteiger partial charge is 0.230 e. The third-order valence-electron chi connectivity index (χ3n) is 3.19. The third kappa shape index (κ3) is 6.50. The molecule has 0 atom stereocenters. The predicted molar refractivity (Wildman–Crippen MR) is 94.1 cm³/mol. The van der Waals surface area contributed by atoms with Crippen molar-refractivity contribution in [2.24, 2.45) is 0 Å². The van der Waals surface area contributed by atoms with Crippen LogP contribution in [-0.4, -0.2) is 31.1 Å². The number of carbonyl (C=O) groups is 1. The molecule has 0 saturated carbocycles. The normalized spacial score (nSPS) is 10.2. The molecule has 0 aliphatic rings. The van der Waals surface area contributed by atoms with Crippen LogP contribution >= 0.6 is 11.8 Å². The minimum atomic E-state index is -0.280. The van der Waals surface area contributed by atoms with E-state index in [0.717, 1.165) is 22.8 Å². The van der Waals surface area contributed by atoms with Gasteiger partial charge in [-0.25, -0.2) is 4.39 Å². The van der Waals surface area contributed by atoms with Gasteiger partial charge in [-0.05, 0) is 42.0 Å². The average molecular weight is 349 g/mol. The van der Waals surface area contributed by atoms with E-state index in [0.29, 0.717) is 18.9 Å². The molecule has 2 aromatic rings. The number of hydrogen-bond acceptors (Lipinski definition) is 4. The molecule has 0 aliphatic heterocycles. The molecule has 0 fully saturated rings. The Morgan fingerprint density at radius 2 is 1.75 bits per heavy atom. The van der Waals surface area contributed by atoms with Gasteiger partial charge < -0.3 is 14.8 Å². The topological polar surface area (TPSA) is 47.6 Å². The molecule has 6 heteroatoms. The van der Waals surface area contributed by atoms with Crippen LogP contribution in [0.1, 0.15) is 5.56 Å². The summed E-state index contributed by atoms with van der Waals surface area (Å²) in [6.07, 6.45) is 0. The van der Waals surface area contributed by atoms with E-state index >= 15 is 0 Å². The first-order chi connectivity index (χ1) is 11.7. The molecule has 0 spiro atoms. The molecule has 0 heterocycles. The molecule has 1 amide bonds. The molecular weight excluding hydrogens is 329 g/mol. The summed E-state index contributed by atoms with van der Waals surface area (Å²) in [7, 11) is 1.62. The zero-order valence-corrected chi connectivity index (χ0v) is 14.3. The fourth-order valence-corrected chi connectivity index (χ4v) is 2.54. The highest BCUT2D eigenvalue weighted by atomic mass is 32.2. The maximum Gasteiger partial charge on any atom is 0.230 e.